The van der Waals surface area contributed by atoms with Crippen molar-refractivity contribution < 1.29 is 5.11 Å². The Morgan fingerprint density at radius 3 is 2.54 bits per heavy atom. The van der Waals surface area contributed by atoms with Crippen LogP contribution in [0.25, 0.3) is 0 Å². The van der Waals surface area contributed by atoms with Crippen molar-refractivity contribution in [1.82, 2.24) is 0 Å². The maximum atomic E-state index is 10.1. The summed E-state index contributed by atoms with van der Waals surface area (Å²) in [5.41, 5.74) is 5.09. The molecule has 0 unspecified atom stereocenters. The summed E-state index contributed by atoms with van der Waals surface area (Å²) in [6, 6.07) is 0. The maximum absolute atomic E-state index is 10.1. The number of aliphatic hydroxyl groups is 1. The van der Waals surface area contributed by atoms with Crippen molar-refractivity contribution in [2.75, 3.05) is 6.54 Å². The van der Waals surface area contributed by atoms with Gasteiger partial charge >= 0.3 is 0 Å². The minimum atomic E-state index is -0.515. The molecule has 0 radical (unpaired) electrons. The van der Waals surface area contributed by atoms with Crippen molar-refractivity contribution in [3.63, 3.8) is 0 Å². The second-order valence-corrected chi connectivity index (χ2v) is 4.98. The summed E-state index contributed by atoms with van der Waals surface area (Å²) < 4.78 is 0. The SMILES string of the molecule is NC[C@]1(O)CC[C@@H]2CCCC[C@H]2C1. The van der Waals surface area contributed by atoms with E-state index in [0.29, 0.717) is 6.54 Å². The zero-order chi connectivity index (χ0) is 9.31. The molecule has 0 bridgehead atoms. The van der Waals surface area contributed by atoms with Gasteiger partial charge in [-0.05, 0) is 31.1 Å². The quantitative estimate of drug-likeness (QED) is 0.649. The fourth-order valence-electron chi connectivity index (χ4n) is 3.16. The average Bonchev–Trinajstić information content (AvgIpc) is 2.18. The molecule has 2 heteroatoms. The number of nitrogens with two attached hydrogens (primary N) is 1. The van der Waals surface area contributed by atoms with Crippen LogP contribution >= 0.6 is 0 Å². The fourth-order valence-corrected chi connectivity index (χ4v) is 3.16. The van der Waals surface area contributed by atoms with E-state index in [4.69, 9.17) is 5.73 Å². The van der Waals surface area contributed by atoms with Gasteiger partial charge in [-0.15, -0.1) is 0 Å². The molecular formula is C11H21NO. The molecule has 0 aromatic heterocycles. The topological polar surface area (TPSA) is 46.2 Å². The van der Waals surface area contributed by atoms with Crippen molar-refractivity contribution in [3.05, 3.63) is 0 Å². The summed E-state index contributed by atoms with van der Waals surface area (Å²) >= 11 is 0. The first-order valence-electron chi connectivity index (χ1n) is 5.66. The minimum absolute atomic E-state index is 0.455. The second-order valence-electron chi connectivity index (χ2n) is 4.98. The Hall–Kier alpha value is -0.0800. The van der Waals surface area contributed by atoms with Crippen LogP contribution in [0.5, 0.6) is 0 Å². The third-order valence-electron chi connectivity index (χ3n) is 4.07. The number of fused-ring (bicyclic) bond motifs is 1. The lowest BCUT2D eigenvalue weighted by molar-refractivity contribution is -0.0378. The van der Waals surface area contributed by atoms with Gasteiger partial charge in [0.05, 0.1) is 5.60 Å². The first-order chi connectivity index (χ1) is 6.23. The molecule has 0 heterocycles. The van der Waals surface area contributed by atoms with Crippen LogP contribution in [0, 0.1) is 11.8 Å². The Morgan fingerprint density at radius 1 is 1.15 bits per heavy atom. The van der Waals surface area contributed by atoms with Gasteiger partial charge in [-0.2, -0.15) is 0 Å². The van der Waals surface area contributed by atoms with E-state index in [1.54, 1.807) is 0 Å². The third kappa shape index (κ3) is 1.89. The van der Waals surface area contributed by atoms with Crippen LogP contribution in [0.2, 0.25) is 0 Å². The molecule has 2 aliphatic rings. The van der Waals surface area contributed by atoms with Gasteiger partial charge in [-0.25, -0.2) is 0 Å². The molecule has 0 aromatic rings. The molecule has 2 fully saturated rings. The molecule has 3 N–H and O–H groups in total. The molecule has 0 spiro atoms. The lowest BCUT2D eigenvalue weighted by atomic mass is 9.66. The molecule has 0 amide bonds. The largest absolute Gasteiger partial charge is 0.389 e. The second kappa shape index (κ2) is 3.58. The highest BCUT2D eigenvalue weighted by Crippen LogP contribution is 2.43. The number of hydrogen-bond donors (Lipinski definition) is 2. The molecule has 0 saturated heterocycles. The van der Waals surface area contributed by atoms with Gasteiger partial charge in [-0.1, -0.05) is 25.7 Å². The van der Waals surface area contributed by atoms with Gasteiger partial charge in [0.25, 0.3) is 0 Å². The summed E-state index contributed by atoms with van der Waals surface area (Å²) in [6.07, 6.45) is 8.60. The van der Waals surface area contributed by atoms with Crippen LogP contribution in [0.15, 0.2) is 0 Å². The first-order valence-corrected chi connectivity index (χ1v) is 5.66. The van der Waals surface area contributed by atoms with Crippen molar-refractivity contribution >= 4 is 0 Å². The zero-order valence-corrected chi connectivity index (χ0v) is 8.34. The molecule has 3 atom stereocenters. The van der Waals surface area contributed by atoms with E-state index in [-0.39, 0.29) is 0 Å². The van der Waals surface area contributed by atoms with Gasteiger partial charge in [0.2, 0.25) is 0 Å². The summed E-state index contributed by atoms with van der Waals surface area (Å²) in [5.74, 6) is 1.68. The third-order valence-corrected chi connectivity index (χ3v) is 4.07. The summed E-state index contributed by atoms with van der Waals surface area (Å²) in [6.45, 7) is 0.455. The van der Waals surface area contributed by atoms with E-state index in [2.05, 4.69) is 0 Å². The summed E-state index contributed by atoms with van der Waals surface area (Å²) in [7, 11) is 0. The normalized spacial score (nSPS) is 45.7. The van der Waals surface area contributed by atoms with Gasteiger partial charge in [0.1, 0.15) is 0 Å². The lowest BCUT2D eigenvalue weighted by Gasteiger charge is -2.43. The molecule has 0 aromatic carbocycles. The van der Waals surface area contributed by atoms with E-state index in [0.717, 1.165) is 24.7 Å². The van der Waals surface area contributed by atoms with Crippen molar-refractivity contribution in [2.24, 2.45) is 17.6 Å². The lowest BCUT2D eigenvalue weighted by Crippen LogP contribution is -2.45. The van der Waals surface area contributed by atoms with E-state index >= 15 is 0 Å². The highest BCUT2D eigenvalue weighted by Gasteiger charge is 2.39. The molecular weight excluding hydrogens is 162 g/mol. The highest BCUT2D eigenvalue weighted by atomic mass is 16.3. The van der Waals surface area contributed by atoms with Crippen LogP contribution in [0.1, 0.15) is 44.9 Å². The van der Waals surface area contributed by atoms with Gasteiger partial charge in [0, 0.05) is 6.54 Å². The van der Waals surface area contributed by atoms with Crippen molar-refractivity contribution in [3.8, 4) is 0 Å². The Balaban J connectivity index is 1.98. The van der Waals surface area contributed by atoms with Crippen molar-refractivity contribution in [1.29, 1.82) is 0 Å². The monoisotopic (exact) mass is 183 g/mol. The van der Waals surface area contributed by atoms with Gasteiger partial charge in [-0.3, -0.25) is 0 Å². The molecule has 13 heavy (non-hydrogen) atoms. The molecule has 0 aliphatic heterocycles. The maximum Gasteiger partial charge on any atom is 0.0772 e. The van der Waals surface area contributed by atoms with E-state index in [1.165, 1.54) is 32.1 Å². The highest BCUT2D eigenvalue weighted by molar-refractivity contribution is 4.92. The Bertz CT molecular complexity index is 183. The predicted octanol–water partition coefficient (Wildman–Crippen LogP) is 1.67. The van der Waals surface area contributed by atoms with E-state index in [1.807, 2.05) is 0 Å². The first kappa shape index (κ1) is 9.47. The smallest absolute Gasteiger partial charge is 0.0772 e. The van der Waals surface area contributed by atoms with Crippen LogP contribution in [-0.2, 0) is 0 Å². The molecule has 76 valence electrons. The standard InChI is InChI=1S/C11H21NO/c12-8-11(13)6-5-9-3-1-2-4-10(9)7-11/h9-10,13H,1-8,12H2/t9-,10-,11-/m0/s1. The Kier molecular flexibility index (Phi) is 2.61. The zero-order valence-electron chi connectivity index (χ0n) is 8.34. The predicted molar refractivity (Wildman–Crippen MR) is 53.3 cm³/mol. The molecule has 2 aliphatic carbocycles. The number of hydrogen-bond acceptors (Lipinski definition) is 2. The van der Waals surface area contributed by atoms with Crippen LogP contribution in [0.4, 0.5) is 0 Å². The van der Waals surface area contributed by atoms with Gasteiger partial charge < -0.3 is 10.8 Å². The van der Waals surface area contributed by atoms with E-state index in [9.17, 15) is 5.11 Å². The number of rotatable bonds is 1. The minimum Gasteiger partial charge on any atom is -0.389 e. The molecule has 2 rings (SSSR count). The van der Waals surface area contributed by atoms with Crippen LogP contribution in [-0.4, -0.2) is 17.3 Å². The van der Waals surface area contributed by atoms with E-state index < -0.39 is 5.60 Å². The van der Waals surface area contributed by atoms with Crippen LogP contribution < -0.4 is 5.73 Å². The average molecular weight is 183 g/mol. The van der Waals surface area contributed by atoms with Crippen LogP contribution in [0.3, 0.4) is 0 Å². The summed E-state index contributed by atoms with van der Waals surface area (Å²) in [4.78, 5) is 0. The summed E-state index contributed by atoms with van der Waals surface area (Å²) in [5, 5.41) is 10.1. The fraction of sp³-hybridized carbons (Fsp3) is 1.00. The Morgan fingerprint density at radius 2 is 1.85 bits per heavy atom. The Labute approximate surface area is 80.5 Å². The molecule has 2 saturated carbocycles. The van der Waals surface area contributed by atoms with Crippen molar-refractivity contribution in [2.45, 2.75) is 50.5 Å². The molecule has 2 nitrogen and oxygen atoms in total. The van der Waals surface area contributed by atoms with Gasteiger partial charge in [0.15, 0.2) is 0 Å².